The van der Waals surface area contributed by atoms with E-state index in [0.717, 1.165) is 11.0 Å². The summed E-state index contributed by atoms with van der Waals surface area (Å²) in [5.41, 5.74) is 1.16. The molecule has 0 saturated heterocycles. The van der Waals surface area contributed by atoms with Crippen molar-refractivity contribution in [1.29, 1.82) is 0 Å². The van der Waals surface area contributed by atoms with Gasteiger partial charge in [0.15, 0.2) is 5.65 Å². The van der Waals surface area contributed by atoms with Crippen molar-refractivity contribution >= 4 is 22.8 Å². The molecule has 0 aromatic carbocycles. The maximum Gasteiger partial charge on any atom is 0.253 e. The van der Waals surface area contributed by atoms with Gasteiger partial charge in [-0.15, -0.1) is 0 Å². The zero-order valence-corrected chi connectivity index (χ0v) is 14.8. The summed E-state index contributed by atoms with van der Waals surface area (Å²) in [5, 5.41) is 10.5. The highest BCUT2D eigenvalue weighted by Gasteiger charge is 2.22. The summed E-state index contributed by atoms with van der Waals surface area (Å²) in [6.45, 7) is 8.06. The van der Waals surface area contributed by atoms with Gasteiger partial charge in [-0.2, -0.15) is 5.10 Å². The fourth-order valence-electron chi connectivity index (χ4n) is 2.56. The first-order valence-corrected chi connectivity index (χ1v) is 8.19. The molecule has 0 aliphatic carbocycles. The molecule has 0 spiro atoms. The molecule has 0 aliphatic rings. The van der Waals surface area contributed by atoms with Crippen LogP contribution < -0.4 is 10.6 Å². The molecule has 0 fully saturated rings. The first kappa shape index (κ1) is 17.9. The number of aromatic nitrogens is 3. The number of nitrogens with one attached hydrogen (secondary N) is 2. The van der Waals surface area contributed by atoms with Crippen LogP contribution in [0.3, 0.4) is 0 Å². The lowest BCUT2D eigenvalue weighted by atomic mass is 10.0. The second-order valence-electron chi connectivity index (χ2n) is 6.59. The number of carbonyl (C=O) groups is 2. The van der Waals surface area contributed by atoms with Crippen molar-refractivity contribution in [3.63, 3.8) is 0 Å². The second kappa shape index (κ2) is 7.42. The van der Waals surface area contributed by atoms with Crippen molar-refractivity contribution in [1.82, 2.24) is 25.4 Å². The molecule has 7 heteroatoms. The van der Waals surface area contributed by atoms with Gasteiger partial charge in [-0.25, -0.2) is 9.67 Å². The van der Waals surface area contributed by atoms with Crippen molar-refractivity contribution in [3.05, 3.63) is 24.0 Å². The maximum absolute atomic E-state index is 12.5. The largest absolute Gasteiger partial charge is 0.357 e. The first-order chi connectivity index (χ1) is 11.3. The summed E-state index contributed by atoms with van der Waals surface area (Å²) in [7, 11) is 1.57. The van der Waals surface area contributed by atoms with Gasteiger partial charge in [-0.3, -0.25) is 9.59 Å². The summed E-state index contributed by atoms with van der Waals surface area (Å²) < 4.78 is 1.81. The molecule has 0 saturated carbocycles. The molecule has 24 heavy (non-hydrogen) atoms. The third-order valence-corrected chi connectivity index (χ3v) is 3.76. The van der Waals surface area contributed by atoms with Crippen LogP contribution in [0.5, 0.6) is 0 Å². The minimum absolute atomic E-state index is 0.193. The summed E-state index contributed by atoms with van der Waals surface area (Å²) >= 11 is 0. The lowest BCUT2D eigenvalue weighted by Gasteiger charge is -2.19. The number of pyridine rings is 1. The fraction of sp³-hybridized carbons (Fsp3) is 0.529. The number of likely N-dealkylation sites (N-methyl/N-ethyl adjacent to an activating group) is 1. The predicted octanol–water partition coefficient (Wildman–Crippen LogP) is 1.90. The van der Waals surface area contributed by atoms with Crippen molar-refractivity contribution in [2.24, 2.45) is 5.92 Å². The molecule has 2 amide bonds. The lowest BCUT2D eigenvalue weighted by Crippen LogP contribution is -2.46. The van der Waals surface area contributed by atoms with Gasteiger partial charge in [-0.05, 0) is 32.3 Å². The Morgan fingerprint density at radius 2 is 1.92 bits per heavy atom. The SMILES string of the molecule is CNC(=O)[C@H](CC(C)C)NC(=O)c1cnc2c(cnn2C(C)C)c1. The summed E-state index contributed by atoms with van der Waals surface area (Å²) in [6.07, 6.45) is 3.80. The number of amides is 2. The Morgan fingerprint density at radius 3 is 2.50 bits per heavy atom. The lowest BCUT2D eigenvalue weighted by molar-refractivity contribution is -0.122. The van der Waals surface area contributed by atoms with Crippen LogP contribution in [0.4, 0.5) is 0 Å². The Bertz CT molecular complexity index is 736. The van der Waals surface area contributed by atoms with Crippen LogP contribution in [0.25, 0.3) is 11.0 Å². The van der Waals surface area contributed by atoms with E-state index in [-0.39, 0.29) is 23.8 Å². The molecule has 0 unspecified atom stereocenters. The van der Waals surface area contributed by atoms with E-state index in [1.807, 2.05) is 32.4 Å². The monoisotopic (exact) mass is 331 g/mol. The van der Waals surface area contributed by atoms with Gasteiger partial charge < -0.3 is 10.6 Å². The molecule has 0 radical (unpaired) electrons. The smallest absolute Gasteiger partial charge is 0.253 e. The normalized spacial score (nSPS) is 12.6. The third-order valence-electron chi connectivity index (χ3n) is 3.76. The van der Waals surface area contributed by atoms with Crippen molar-refractivity contribution in [3.8, 4) is 0 Å². The van der Waals surface area contributed by atoms with Gasteiger partial charge in [0.25, 0.3) is 5.91 Å². The highest BCUT2D eigenvalue weighted by Crippen LogP contribution is 2.17. The van der Waals surface area contributed by atoms with E-state index in [2.05, 4.69) is 20.7 Å². The van der Waals surface area contributed by atoms with Crippen LogP contribution in [0.15, 0.2) is 18.5 Å². The molecule has 130 valence electrons. The molecule has 2 aromatic rings. The number of fused-ring (bicyclic) bond motifs is 1. The standard InChI is InChI=1S/C17H25N5O2/c1-10(2)6-14(17(24)18-5)21-16(23)13-7-12-9-20-22(11(3)4)15(12)19-8-13/h7-11,14H,6H2,1-5H3,(H,18,24)(H,21,23)/t14-/m0/s1. The molecule has 7 nitrogen and oxygen atoms in total. The van der Waals surface area contributed by atoms with Crippen molar-refractivity contribution < 1.29 is 9.59 Å². The summed E-state index contributed by atoms with van der Waals surface area (Å²) in [4.78, 5) is 28.8. The van der Waals surface area contributed by atoms with E-state index in [1.165, 1.54) is 6.20 Å². The highest BCUT2D eigenvalue weighted by atomic mass is 16.2. The molecular formula is C17H25N5O2. The fourth-order valence-corrected chi connectivity index (χ4v) is 2.56. The van der Waals surface area contributed by atoms with Crippen LogP contribution in [-0.4, -0.2) is 39.7 Å². The third kappa shape index (κ3) is 3.90. The van der Waals surface area contributed by atoms with E-state index in [9.17, 15) is 9.59 Å². The Balaban J connectivity index is 2.22. The molecule has 0 bridgehead atoms. The Hall–Kier alpha value is -2.44. The molecule has 2 rings (SSSR count). The van der Waals surface area contributed by atoms with Gasteiger partial charge in [-0.1, -0.05) is 13.8 Å². The van der Waals surface area contributed by atoms with Crippen molar-refractivity contribution in [2.75, 3.05) is 7.05 Å². The number of hydrogen-bond acceptors (Lipinski definition) is 4. The van der Waals surface area contributed by atoms with Gasteiger partial charge >= 0.3 is 0 Å². The van der Waals surface area contributed by atoms with Crippen LogP contribution in [0, 0.1) is 5.92 Å². The van der Waals surface area contributed by atoms with Gasteiger partial charge in [0.05, 0.1) is 11.8 Å². The number of carbonyl (C=O) groups excluding carboxylic acids is 2. The number of hydrogen-bond donors (Lipinski definition) is 2. The molecular weight excluding hydrogens is 306 g/mol. The number of nitrogens with zero attached hydrogens (tertiary/aromatic N) is 3. The molecule has 2 aromatic heterocycles. The summed E-state index contributed by atoms with van der Waals surface area (Å²) in [5.74, 6) is -0.216. The minimum atomic E-state index is -0.559. The first-order valence-electron chi connectivity index (χ1n) is 8.19. The van der Waals surface area contributed by atoms with Crippen LogP contribution >= 0.6 is 0 Å². The quantitative estimate of drug-likeness (QED) is 0.846. The van der Waals surface area contributed by atoms with Crippen LogP contribution in [-0.2, 0) is 4.79 Å². The average Bonchev–Trinajstić information content (AvgIpc) is 2.96. The zero-order valence-electron chi connectivity index (χ0n) is 14.8. The van der Waals surface area contributed by atoms with Crippen LogP contribution in [0.1, 0.15) is 50.5 Å². The maximum atomic E-state index is 12.5. The van der Waals surface area contributed by atoms with Crippen molar-refractivity contribution in [2.45, 2.75) is 46.2 Å². The topological polar surface area (TPSA) is 88.9 Å². The molecule has 2 heterocycles. The minimum Gasteiger partial charge on any atom is -0.357 e. The summed E-state index contributed by atoms with van der Waals surface area (Å²) in [6, 6.07) is 1.38. The highest BCUT2D eigenvalue weighted by molar-refractivity contribution is 5.99. The van der Waals surface area contributed by atoms with E-state index < -0.39 is 6.04 Å². The van der Waals surface area contributed by atoms with Gasteiger partial charge in [0.2, 0.25) is 5.91 Å². The predicted molar refractivity (Wildman–Crippen MR) is 92.7 cm³/mol. The Kier molecular flexibility index (Phi) is 5.54. The molecule has 1 atom stereocenters. The van der Waals surface area contributed by atoms with E-state index in [4.69, 9.17) is 0 Å². The average molecular weight is 331 g/mol. The zero-order chi connectivity index (χ0) is 17.9. The van der Waals surface area contributed by atoms with E-state index in [1.54, 1.807) is 19.3 Å². The van der Waals surface area contributed by atoms with E-state index >= 15 is 0 Å². The van der Waals surface area contributed by atoms with Crippen LogP contribution in [0.2, 0.25) is 0 Å². The number of rotatable bonds is 6. The Morgan fingerprint density at radius 1 is 1.21 bits per heavy atom. The van der Waals surface area contributed by atoms with Gasteiger partial charge in [0, 0.05) is 24.7 Å². The molecule has 0 aliphatic heterocycles. The van der Waals surface area contributed by atoms with Gasteiger partial charge in [0.1, 0.15) is 6.04 Å². The Labute approximate surface area is 141 Å². The molecule has 2 N–H and O–H groups in total. The van der Waals surface area contributed by atoms with E-state index in [0.29, 0.717) is 12.0 Å². The second-order valence-corrected chi connectivity index (χ2v) is 6.59.